The predicted molar refractivity (Wildman–Crippen MR) is 116 cm³/mol. The standard InChI is InChI=1S/C20H16Br2FNO3S/c1-11-3-4-16(17(5-11)26-2)27-9-12-6-18(28-10-12)20(25)24-19-14(21)7-13(23)8-15(19)22/h3-8,10H,9H2,1-2H3,(H,24,25). The number of thiophene rings is 1. The molecule has 0 unspecified atom stereocenters. The summed E-state index contributed by atoms with van der Waals surface area (Å²) in [6.07, 6.45) is 0. The quantitative estimate of drug-likeness (QED) is 0.394. The maximum Gasteiger partial charge on any atom is 0.265 e. The Morgan fingerprint density at radius 3 is 2.54 bits per heavy atom. The van der Waals surface area contributed by atoms with Crippen LogP contribution in [0.15, 0.2) is 50.7 Å². The third-order valence-corrected chi connectivity index (χ3v) is 6.07. The number of halogens is 3. The fourth-order valence-electron chi connectivity index (χ4n) is 2.46. The number of anilines is 1. The summed E-state index contributed by atoms with van der Waals surface area (Å²) in [6.45, 7) is 2.29. The lowest BCUT2D eigenvalue weighted by molar-refractivity contribution is 0.103. The molecule has 1 aromatic heterocycles. The molecule has 0 saturated heterocycles. The molecule has 8 heteroatoms. The van der Waals surface area contributed by atoms with E-state index in [0.29, 0.717) is 37.6 Å². The van der Waals surface area contributed by atoms with Crippen LogP contribution >= 0.6 is 43.2 Å². The zero-order chi connectivity index (χ0) is 20.3. The van der Waals surface area contributed by atoms with Crippen LogP contribution in [0.5, 0.6) is 11.5 Å². The molecular weight excluding hydrogens is 513 g/mol. The van der Waals surface area contributed by atoms with Crippen molar-refractivity contribution in [2.75, 3.05) is 12.4 Å². The normalized spacial score (nSPS) is 10.6. The highest BCUT2D eigenvalue weighted by Crippen LogP contribution is 2.33. The van der Waals surface area contributed by atoms with Gasteiger partial charge in [-0.25, -0.2) is 4.39 Å². The van der Waals surface area contributed by atoms with Crippen LogP contribution in [-0.2, 0) is 6.61 Å². The molecule has 0 spiro atoms. The molecule has 3 rings (SSSR count). The molecule has 0 aliphatic heterocycles. The van der Waals surface area contributed by atoms with Gasteiger partial charge in [0.05, 0.1) is 17.7 Å². The second-order valence-corrected chi connectivity index (χ2v) is 8.58. The molecule has 0 fully saturated rings. The summed E-state index contributed by atoms with van der Waals surface area (Å²) in [5.74, 6) is 0.625. The first-order valence-electron chi connectivity index (χ1n) is 8.18. The molecule has 1 amide bonds. The number of benzene rings is 2. The number of hydrogen-bond acceptors (Lipinski definition) is 4. The van der Waals surface area contributed by atoms with Gasteiger partial charge in [0.25, 0.3) is 5.91 Å². The Labute approximate surface area is 182 Å². The van der Waals surface area contributed by atoms with E-state index in [1.165, 1.54) is 23.5 Å². The largest absolute Gasteiger partial charge is 0.493 e. The van der Waals surface area contributed by atoms with Gasteiger partial charge in [0, 0.05) is 14.5 Å². The summed E-state index contributed by atoms with van der Waals surface area (Å²) in [5, 5.41) is 4.65. The van der Waals surface area contributed by atoms with Crippen LogP contribution < -0.4 is 14.8 Å². The minimum absolute atomic E-state index is 0.280. The van der Waals surface area contributed by atoms with Crippen molar-refractivity contribution in [2.24, 2.45) is 0 Å². The van der Waals surface area contributed by atoms with Crippen molar-refractivity contribution in [2.45, 2.75) is 13.5 Å². The van der Waals surface area contributed by atoms with E-state index in [9.17, 15) is 9.18 Å². The van der Waals surface area contributed by atoms with Crippen LogP contribution in [0.4, 0.5) is 10.1 Å². The Morgan fingerprint density at radius 2 is 1.86 bits per heavy atom. The van der Waals surface area contributed by atoms with E-state index >= 15 is 0 Å². The fraction of sp³-hybridized carbons (Fsp3) is 0.150. The van der Waals surface area contributed by atoms with E-state index in [0.717, 1.165) is 11.1 Å². The lowest BCUT2D eigenvalue weighted by atomic mass is 10.2. The molecule has 1 heterocycles. The van der Waals surface area contributed by atoms with Gasteiger partial charge in [-0.05, 0) is 80.1 Å². The molecular formula is C20H16Br2FNO3S. The number of nitrogens with one attached hydrogen (secondary N) is 1. The molecule has 0 saturated carbocycles. The Bertz CT molecular complexity index is 999. The van der Waals surface area contributed by atoms with Gasteiger partial charge >= 0.3 is 0 Å². The molecule has 1 N–H and O–H groups in total. The number of rotatable bonds is 6. The molecule has 0 atom stereocenters. The average Bonchev–Trinajstić information content (AvgIpc) is 3.12. The number of methoxy groups -OCH3 is 1. The van der Waals surface area contributed by atoms with Crippen LogP contribution in [0.3, 0.4) is 0 Å². The SMILES string of the molecule is COc1cc(C)ccc1OCc1csc(C(=O)Nc2c(Br)cc(F)cc2Br)c1. The topological polar surface area (TPSA) is 47.6 Å². The molecule has 0 radical (unpaired) electrons. The van der Waals surface area contributed by atoms with E-state index < -0.39 is 5.82 Å². The molecule has 4 nitrogen and oxygen atoms in total. The average molecular weight is 529 g/mol. The second-order valence-electron chi connectivity index (χ2n) is 5.96. The summed E-state index contributed by atoms with van der Waals surface area (Å²) in [7, 11) is 1.60. The van der Waals surface area contributed by atoms with E-state index in [1.54, 1.807) is 13.2 Å². The smallest absolute Gasteiger partial charge is 0.265 e. The zero-order valence-corrected chi connectivity index (χ0v) is 19.0. The van der Waals surface area contributed by atoms with Gasteiger partial charge in [-0.1, -0.05) is 6.07 Å². The number of aryl methyl sites for hydroxylation is 1. The molecule has 0 aliphatic carbocycles. The van der Waals surface area contributed by atoms with Gasteiger partial charge < -0.3 is 14.8 Å². The maximum absolute atomic E-state index is 13.4. The molecule has 0 aliphatic rings. The van der Waals surface area contributed by atoms with Gasteiger partial charge in [-0.2, -0.15) is 0 Å². The molecule has 3 aromatic rings. The lowest BCUT2D eigenvalue weighted by Crippen LogP contribution is -2.11. The predicted octanol–water partition coefficient (Wildman–Crippen LogP) is 6.56. The van der Waals surface area contributed by atoms with E-state index in [1.807, 2.05) is 30.5 Å². The summed E-state index contributed by atoms with van der Waals surface area (Å²) in [6, 6.07) is 10.1. The minimum atomic E-state index is -0.404. The summed E-state index contributed by atoms with van der Waals surface area (Å²) < 4.78 is 25.5. The monoisotopic (exact) mass is 527 g/mol. The third kappa shape index (κ3) is 4.92. The first-order chi connectivity index (χ1) is 13.4. The van der Waals surface area contributed by atoms with Gasteiger partial charge in [0.1, 0.15) is 12.4 Å². The number of carbonyl (C=O) groups is 1. The van der Waals surface area contributed by atoms with Crippen LogP contribution in [0.1, 0.15) is 20.8 Å². The Kier molecular flexibility index (Phi) is 6.74. The number of hydrogen-bond donors (Lipinski definition) is 1. The molecule has 28 heavy (non-hydrogen) atoms. The summed E-state index contributed by atoms with van der Waals surface area (Å²) in [4.78, 5) is 13.1. The van der Waals surface area contributed by atoms with Gasteiger partial charge in [-0.15, -0.1) is 11.3 Å². The van der Waals surface area contributed by atoms with E-state index in [-0.39, 0.29) is 5.91 Å². The molecule has 146 valence electrons. The van der Waals surface area contributed by atoms with Crippen molar-refractivity contribution in [1.29, 1.82) is 0 Å². The van der Waals surface area contributed by atoms with Gasteiger partial charge in [0.2, 0.25) is 0 Å². The van der Waals surface area contributed by atoms with Crippen LogP contribution in [0.25, 0.3) is 0 Å². The third-order valence-electron chi connectivity index (χ3n) is 3.84. The highest BCUT2D eigenvalue weighted by atomic mass is 79.9. The molecule has 2 aromatic carbocycles. The Morgan fingerprint density at radius 1 is 1.14 bits per heavy atom. The van der Waals surface area contributed by atoms with Gasteiger partial charge in [0.15, 0.2) is 11.5 Å². The highest BCUT2D eigenvalue weighted by molar-refractivity contribution is 9.11. The van der Waals surface area contributed by atoms with E-state index in [4.69, 9.17) is 9.47 Å². The lowest BCUT2D eigenvalue weighted by Gasteiger charge is -2.10. The maximum atomic E-state index is 13.4. The summed E-state index contributed by atoms with van der Waals surface area (Å²) in [5.41, 5.74) is 2.42. The first-order valence-corrected chi connectivity index (χ1v) is 10.6. The second kappa shape index (κ2) is 9.07. The van der Waals surface area contributed by atoms with Crippen molar-refractivity contribution >= 4 is 54.8 Å². The van der Waals surface area contributed by atoms with Crippen LogP contribution in [0.2, 0.25) is 0 Å². The highest BCUT2D eigenvalue weighted by Gasteiger charge is 2.15. The Balaban J connectivity index is 1.68. The minimum Gasteiger partial charge on any atom is -0.493 e. The zero-order valence-electron chi connectivity index (χ0n) is 15.0. The van der Waals surface area contributed by atoms with Gasteiger partial charge in [-0.3, -0.25) is 4.79 Å². The van der Waals surface area contributed by atoms with Crippen molar-refractivity contribution in [3.8, 4) is 11.5 Å². The van der Waals surface area contributed by atoms with Crippen LogP contribution in [-0.4, -0.2) is 13.0 Å². The Hall–Kier alpha value is -1.90. The van der Waals surface area contributed by atoms with Crippen LogP contribution in [0, 0.1) is 12.7 Å². The fourth-order valence-corrected chi connectivity index (χ4v) is 4.58. The number of ether oxygens (including phenoxy) is 2. The van der Waals surface area contributed by atoms with E-state index in [2.05, 4.69) is 37.2 Å². The van der Waals surface area contributed by atoms with Crippen molar-refractivity contribution < 1.29 is 18.7 Å². The van der Waals surface area contributed by atoms with Crippen molar-refractivity contribution in [3.63, 3.8) is 0 Å². The summed E-state index contributed by atoms with van der Waals surface area (Å²) >= 11 is 7.83. The molecule has 0 bridgehead atoms. The number of carbonyl (C=O) groups excluding carboxylic acids is 1. The first kappa shape index (κ1) is 20.8. The van der Waals surface area contributed by atoms with Crippen molar-refractivity contribution in [1.82, 2.24) is 0 Å². The number of amides is 1. The van der Waals surface area contributed by atoms with Crippen molar-refractivity contribution in [3.05, 3.63) is 72.5 Å².